The number of fused-ring (bicyclic) bond motifs is 4. The van der Waals surface area contributed by atoms with Gasteiger partial charge in [0.1, 0.15) is 0 Å². The molecule has 168 valence electrons. The van der Waals surface area contributed by atoms with Crippen LogP contribution >= 0.6 is 0 Å². The first-order valence-electron chi connectivity index (χ1n) is 11.7. The Morgan fingerprint density at radius 1 is 1.12 bits per heavy atom. The molecule has 2 fully saturated rings. The molecule has 2 aliphatic heterocycles. The number of aliphatic hydroxyl groups excluding tert-OH is 1. The van der Waals surface area contributed by atoms with E-state index in [0.29, 0.717) is 12.1 Å². The Bertz CT molecular complexity index is 1070. The van der Waals surface area contributed by atoms with Gasteiger partial charge in [0, 0.05) is 42.4 Å². The highest BCUT2D eigenvalue weighted by Gasteiger charge is 2.54. The molecule has 0 spiro atoms. The molecule has 1 aliphatic carbocycles. The zero-order chi connectivity index (χ0) is 22.2. The number of carbonyl (C=O) groups excluding carboxylic acids is 1. The van der Waals surface area contributed by atoms with E-state index in [2.05, 4.69) is 10.2 Å². The maximum Gasteiger partial charge on any atom is 0.258 e. The fourth-order valence-electron chi connectivity index (χ4n) is 5.95. The summed E-state index contributed by atoms with van der Waals surface area (Å²) in [6.45, 7) is 0.435. The van der Waals surface area contributed by atoms with Crippen molar-refractivity contribution in [1.82, 2.24) is 14.8 Å². The molecule has 1 aromatic heterocycles. The number of rotatable bonds is 5. The van der Waals surface area contributed by atoms with E-state index in [4.69, 9.17) is 0 Å². The molecule has 2 bridgehead atoms. The Kier molecular flexibility index (Phi) is 5.74. The van der Waals surface area contributed by atoms with Gasteiger partial charge in [-0.15, -0.1) is 0 Å². The van der Waals surface area contributed by atoms with Crippen LogP contribution in [0.2, 0.25) is 0 Å². The molecule has 1 amide bonds. The van der Waals surface area contributed by atoms with Crippen LogP contribution in [0, 0.1) is 11.8 Å². The van der Waals surface area contributed by atoms with E-state index in [-0.39, 0.29) is 48.0 Å². The van der Waals surface area contributed by atoms with Gasteiger partial charge < -0.3 is 15.0 Å². The largest absolute Gasteiger partial charge is 0.396 e. The van der Waals surface area contributed by atoms with E-state index < -0.39 is 0 Å². The molecule has 5 rings (SSSR count). The SMILES string of the molecule is CN1[C@@H]2c3ccc(/C=C/c4ccccc4)c(=O)n3C[C@H]1[C@H](CO)[C@H]2C(=O)NC1CCCC1. The molecule has 32 heavy (non-hydrogen) atoms. The summed E-state index contributed by atoms with van der Waals surface area (Å²) in [5.41, 5.74) is 2.51. The third kappa shape index (κ3) is 3.61. The molecule has 3 aliphatic rings. The second-order valence-corrected chi connectivity index (χ2v) is 9.41. The number of amides is 1. The van der Waals surface area contributed by atoms with E-state index in [1.54, 1.807) is 0 Å². The molecule has 1 saturated heterocycles. The molecular formula is C26H31N3O3. The molecule has 1 aromatic carbocycles. The lowest BCUT2D eigenvalue weighted by atomic mass is 9.86. The van der Waals surface area contributed by atoms with Crippen LogP contribution < -0.4 is 10.9 Å². The fourth-order valence-corrected chi connectivity index (χ4v) is 5.95. The maximum absolute atomic E-state index is 13.3. The number of hydrogen-bond donors (Lipinski definition) is 2. The molecular weight excluding hydrogens is 402 g/mol. The lowest BCUT2D eigenvalue weighted by Gasteiger charge is -2.35. The summed E-state index contributed by atoms with van der Waals surface area (Å²) in [5, 5.41) is 13.5. The number of hydrogen-bond acceptors (Lipinski definition) is 4. The van der Waals surface area contributed by atoms with E-state index >= 15 is 0 Å². The predicted octanol–water partition coefficient (Wildman–Crippen LogP) is 2.67. The van der Waals surface area contributed by atoms with Crippen molar-refractivity contribution in [2.24, 2.45) is 11.8 Å². The van der Waals surface area contributed by atoms with Crippen molar-refractivity contribution in [1.29, 1.82) is 0 Å². The van der Waals surface area contributed by atoms with Crippen molar-refractivity contribution in [3.05, 3.63) is 69.6 Å². The molecule has 1 saturated carbocycles. The van der Waals surface area contributed by atoms with E-state index in [9.17, 15) is 14.7 Å². The van der Waals surface area contributed by atoms with Gasteiger partial charge in [-0.3, -0.25) is 14.5 Å². The summed E-state index contributed by atoms with van der Waals surface area (Å²) in [6, 6.07) is 13.8. The van der Waals surface area contributed by atoms with Crippen LogP contribution in [0.5, 0.6) is 0 Å². The molecule has 2 N–H and O–H groups in total. The van der Waals surface area contributed by atoms with Crippen LogP contribution in [0.4, 0.5) is 0 Å². The first-order chi connectivity index (χ1) is 15.6. The number of aliphatic hydroxyl groups is 1. The van der Waals surface area contributed by atoms with Crippen LogP contribution in [0.25, 0.3) is 12.2 Å². The molecule has 0 radical (unpaired) electrons. The highest BCUT2D eigenvalue weighted by Crippen LogP contribution is 2.47. The maximum atomic E-state index is 13.3. The van der Waals surface area contributed by atoms with Crippen molar-refractivity contribution in [2.75, 3.05) is 13.7 Å². The Morgan fingerprint density at radius 2 is 1.88 bits per heavy atom. The monoisotopic (exact) mass is 433 g/mol. The van der Waals surface area contributed by atoms with Gasteiger partial charge in [0.25, 0.3) is 5.56 Å². The second-order valence-electron chi connectivity index (χ2n) is 9.41. The van der Waals surface area contributed by atoms with Crippen molar-refractivity contribution in [3.63, 3.8) is 0 Å². The minimum atomic E-state index is -0.352. The van der Waals surface area contributed by atoms with Crippen LogP contribution in [0.15, 0.2) is 47.3 Å². The topological polar surface area (TPSA) is 74.6 Å². The van der Waals surface area contributed by atoms with E-state index in [1.807, 2.05) is 66.2 Å². The second kappa shape index (κ2) is 8.68. The fraction of sp³-hybridized carbons (Fsp3) is 0.462. The number of benzene rings is 1. The highest BCUT2D eigenvalue weighted by atomic mass is 16.3. The molecule has 0 unspecified atom stereocenters. The third-order valence-electron chi connectivity index (χ3n) is 7.64. The van der Waals surface area contributed by atoms with Crippen molar-refractivity contribution < 1.29 is 9.90 Å². The summed E-state index contributed by atoms with van der Waals surface area (Å²) in [5.74, 6) is -0.521. The van der Waals surface area contributed by atoms with Crippen LogP contribution in [-0.4, -0.2) is 46.2 Å². The van der Waals surface area contributed by atoms with Crippen molar-refractivity contribution >= 4 is 18.1 Å². The zero-order valence-corrected chi connectivity index (χ0v) is 18.5. The Morgan fingerprint density at radius 3 is 2.59 bits per heavy atom. The number of nitrogens with zero attached hydrogens (tertiary/aromatic N) is 2. The van der Waals surface area contributed by atoms with Crippen LogP contribution in [-0.2, 0) is 11.3 Å². The molecule has 2 aromatic rings. The summed E-state index contributed by atoms with van der Waals surface area (Å²) in [6.07, 6.45) is 8.17. The van der Waals surface area contributed by atoms with Gasteiger partial charge in [0.15, 0.2) is 0 Å². The Balaban J connectivity index is 1.47. The summed E-state index contributed by atoms with van der Waals surface area (Å²) in [7, 11) is 2.01. The molecule has 6 nitrogen and oxygen atoms in total. The number of nitrogens with one attached hydrogen (secondary N) is 1. The number of carbonyl (C=O) groups is 1. The predicted molar refractivity (Wildman–Crippen MR) is 125 cm³/mol. The Hall–Kier alpha value is -2.70. The smallest absolute Gasteiger partial charge is 0.258 e. The minimum Gasteiger partial charge on any atom is -0.396 e. The molecule has 6 heteroatoms. The lowest BCUT2D eigenvalue weighted by Crippen LogP contribution is -2.45. The standard InChI is InChI=1S/C26H31N3O3/c1-28-22-15-29-21(14-13-18(26(29)32)12-11-17-7-3-2-4-8-17)24(28)23(20(22)16-30)25(31)27-19-9-5-6-10-19/h2-4,7-8,11-14,19-20,22-24,30H,5-6,9-10,15-16H2,1H3,(H,27,31)/b12-11+/t20-,22-,23+,24+/m0/s1. The molecule has 4 atom stereocenters. The summed E-state index contributed by atoms with van der Waals surface area (Å²) in [4.78, 5) is 28.9. The van der Waals surface area contributed by atoms with Gasteiger partial charge >= 0.3 is 0 Å². The minimum absolute atomic E-state index is 0.0178. The Labute approximate surface area is 188 Å². The van der Waals surface area contributed by atoms with Gasteiger partial charge in [0.2, 0.25) is 5.91 Å². The number of pyridine rings is 1. The van der Waals surface area contributed by atoms with Crippen LogP contribution in [0.1, 0.15) is 48.5 Å². The van der Waals surface area contributed by atoms with Gasteiger partial charge in [-0.25, -0.2) is 0 Å². The average molecular weight is 434 g/mol. The summed E-state index contributed by atoms with van der Waals surface area (Å²) >= 11 is 0. The first kappa shape index (κ1) is 21.2. The first-order valence-corrected chi connectivity index (χ1v) is 11.7. The van der Waals surface area contributed by atoms with Crippen molar-refractivity contribution in [2.45, 2.75) is 50.4 Å². The lowest BCUT2D eigenvalue weighted by molar-refractivity contribution is -0.128. The van der Waals surface area contributed by atoms with E-state index in [1.165, 1.54) is 0 Å². The van der Waals surface area contributed by atoms with Gasteiger partial charge in [-0.2, -0.15) is 0 Å². The van der Waals surface area contributed by atoms with E-state index in [0.717, 1.165) is 36.9 Å². The average Bonchev–Trinajstić information content (AvgIpc) is 3.37. The zero-order valence-electron chi connectivity index (χ0n) is 18.5. The van der Waals surface area contributed by atoms with Crippen LogP contribution in [0.3, 0.4) is 0 Å². The normalized spacial score (nSPS) is 27.7. The molecule has 3 heterocycles. The number of aromatic nitrogens is 1. The van der Waals surface area contributed by atoms with Gasteiger partial charge in [-0.05, 0) is 43.7 Å². The highest BCUT2D eigenvalue weighted by molar-refractivity contribution is 5.81. The van der Waals surface area contributed by atoms with Crippen molar-refractivity contribution in [3.8, 4) is 0 Å². The number of likely N-dealkylation sites (N-methyl/N-ethyl adjacent to an activating group) is 1. The third-order valence-corrected chi connectivity index (χ3v) is 7.64. The van der Waals surface area contributed by atoms with Gasteiger partial charge in [0.05, 0.1) is 12.0 Å². The quantitative estimate of drug-likeness (QED) is 0.760. The summed E-state index contributed by atoms with van der Waals surface area (Å²) < 4.78 is 1.82. The van der Waals surface area contributed by atoms with Gasteiger partial charge in [-0.1, -0.05) is 49.2 Å².